The lowest BCUT2D eigenvalue weighted by molar-refractivity contribution is -0.109. The maximum Gasteiger partial charge on any atom is 0.207 e. The summed E-state index contributed by atoms with van der Waals surface area (Å²) in [7, 11) is 1.77. The summed E-state index contributed by atoms with van der Waals surface area (Å²) in [5.41, 5.74) is 5.68. The summed E-state index contributed by atoms with van der Waals surface area (Å²) in [6.07, 6.45) is 8.15. The number of hydrogen-bond donors (Lipinski definition) is 3. The Morgan fingerprint density at radius 3 is 2.08 bits per heavy atom. The van der Waals surface area contributed by atoms with Crippen LogP contribution in [0.2, 0.25) is 0 Å². The van der Waals surface area contributed by atoms with Gasteiger partial charge in [-0.05, 0) is 74.3 Å². The summed E-state index contributed by atoms with van der Waals surface area (Å²) in [5, 5.41) is 14.6. The Balaban J connectivity index is 0.000000243. The predicted molar refractivity (Wildman–Crippen MR) is 163 cm³/mol. The number of anilines is 1. The van der Waals surface area contributed by atoms with Crippen molar-refractivity contribution < 1.29 is 14.6 Å². The summed E-state index contributed by atoms with van der Waals surface area (Å²) in [6.45, 7) is 10.2. The molecule has 1 aliphatic rings. The minimum atomic E-state index is -0.225. The van der Waals surface area contributed by atoms with Gasteiger partial charge in [-0.2, -0.15) is 0 Å². The summed E-state index contributed by atoms with van der Waals surface area (Å²) >= 11 is 0. The average molecular weight is 533 g/mol. The fraction of sp³-hybridized carbons (Fsp3) is 0.441. The van der Waals surface area contributed by atoms with Crippen molar-refractivity contribution in [2.24, 2.45) is 5.92 Å². The molecule has 5 heteroatoms. The van der Waals surface area contributed by atoms with Gasteiger partial charge < -0.3 is 20.5 Å². The van der Waals surface area contributed by atoms with Gasteiger partial charge in [-0.15, -0.1) is 0 Å². The van der Waals surface area contributed by atoms with Crippen molar-refractivity contribution in [2.75, 3.05) is 18.9 Å². The molecular weight excluding hydrogens is 484 g/mol. The molecule has 1 amide bonds. The third kappa shape index (κ3) is 11.1. The number of aromatic hydroxyl groups is 1. The largest absolute Gasteiger partial charge is 0.506 e. The van der Waals surface area contributed by atoms with Gasteiger partial charge in [0, 0.05) is 13.6 Å². The summed E-state index contributed by atoms with van der Waals surface area (Å²) in [4.78, 5) is 9.85. The SMILES string of the molecule is CCc1ccc([C@](C)(CC)OCc2ccc(C)cc2)cc1.CNc1ccccc1O.O=CNCC1CCCC1. The highest BCUT2D eigenvalue weighted by Gasteiger charge is 2.25. The van der Waals surface area contributed by atoms with Gasteiger partial charge in [0.1, 0.15) is 5.75 Å². The Labute approximate surface area is 236 Å². The molecule has 3 N–H and O–H groups in total. The monoisotopic (exact) mass is 532 g/mol. The van der Waals surface area contributed by atoms with Crippen LogP contribution in [-0.2, 0) is 28.2 Å². The number of phenols is 1. The van der Waals surface area contributed by atoms with Crippen LogP contribution < -0.4 is 10.6 Å². The van der Waals surface area contributed by atoms with Gasteiger partial charge in [-0.3, -0.25) is 4.79 Å². The molecule has 5 nitrogen and oxygen atoms in total. The van der Waals surface area contributed by atoms with Crippen molar-refractivity contribution in [1.82, 2.24) is 5.32 Å². The highest BCUT2D eigenvalue weighted by Crippen LogP contribution is 2.30. The van der Waals surface area contributed by atoms with Gasteiger partial charge in [0.2, 0.25) is 6.41 Å². The lowest BCUT2D eigenvalue weighted by Gasteiger charge is -2.29. The third-order valence-electron chi connectivity index (χ3n) is 7.46. The van der Waals surface area contributed by atoms with E-state index in [0.29, 0.717) is 12.4 Å². The Morgan fingerprint density at radius 1 is 0.949 bits per heavy atom. The van der Waals surface area contributed by atoms with Crippen molar-refractivity contribution in [3.8, 4) is 5.75 Å². The minimum absolute atomic E-state index is 0.225. The number of hydrogen-bond acceptors (Lipinski definition) is 4. The van der Waals surface area contributed by atoms with E-state index in [9.17, 15) is 4.79 Å². The van der Waals surface area contributed by atoms with Gasteiger partial charge >= 0.3 is 0 Å². The maximum absolute atomic E-state index is 9.85. The molecule has 0 unspecified atom stereocenters. The number of aryl methyl sites for hydroxylation is 2. The van der Waals surface area contributed by atoms with E-state index >= 15 is 0 Å². The van der Waals surface area contributed by atoms with Crippen LogP contribution in [0.4, 0.5) is 5.69 Å². The van der Waals surface area contributed by atoms with Crippen molar-refractivity contribution in [1.29, 1.82) is 0 Å². The smallest absolute Gasteiger partial charge is 0.207 e. The lowest BCUT2D eigenvalue weighted by atomic mass is 9.92. The molecule has 0 saturated heterocycles. The van der Waals surface area contributed by atoms with E-state index in [1.54, 1.807) is 19.2 Å². The Kier molecular flexibility index (Phi) is 14.2. The highest BCUT2D eigenvalue weighted by molar-refractivity contribution is 5.54. The second-order valence-electron chi connectivity index (χ2n) is 10.4. The first kappa shape index (κ1) is 31.9. The van der Waals surface area contributed by atoms with E-state index in [1.165, 1.54) is 47.9 Å². The summed E-state index contributed by atoms with van der Waals surface area (Å²) in [5.74, 6) is 1.06. The van der Waals surface area contributed by atoms with E-state index in [0.717, 1.165) is 37.4 Å². The van der Waals surface area contributed by atoms with Crippen LogP contribution in [-0.4, -0.2) is 25.1 Å². The maximum atomic E-state index is 9.85. The molecule has 1 atom stereocenters. The molecule has 39 heavy (non-hydrogen) atoms. The number of carbonyl (C=O) groups is 1. The topological polar surface area (TPSA) is 70.6 Å². The second kappa shape index (κ2) is 17.3. The van der Waals surface area contributed by atoms with Crippen LogP contribution in [0, 0.1) is 12.8 Å². The molecule has 0 radical (unpaired) electrons. The van der Waals surface area contributed by atoms with Gasteiger partial charge in [0.15, 0.2) is 0 Å². The van der Waals surface area contributed by atoms with E-state index in [-0.39, 0.29) is 5.60 Å². The van der Waals surface area contributed by atoms with Crippen molar-refractivity contribution in [3.63, 3.8) is 0 Å². The zero-order valence-electron chi connectivity index (χ0n) is 24.5. The number of carbonyl (C=O) groups excluding carboxylic acids is 1. The first-order valence-electron chi connectivity index (χ1n) is 14.3. The number of benzene rings is 3. The van der Waals surface area contributed by atoms with Crippen LogP contribution >= 0.6 is 0 Å². The van der Waals surface area contributed by atoms with Gasteiger partial charge in [-0.1, -0.05) is 92.9 Å². The molecule has 3 aromatic rings. The molecule has 4 rings (SSSR count). The molecule has 0 spiro atoms. The van der Waals surface area contributed by atoms with Crippen LogP contribution in [0.3, 0.4) is 0 Å². The van der Waals surface area contributed by atoms with E-state index in [4.69, 9.17) is 9.84 Å². The zero-order chi connectivity index (χ0) is 28.5. The standard InChI is InChI=1S/C20H26O.C7H9NO.C7H13NO/c1-5-17-11-13-19(14-12-17)20(4,6-2)21-15-18-9-7-16(3)8-10-18;1-8-6-4-2-3-5-7(6)9;9-6-8-5-7-3-1-2-4-7/h7-14H,5-6,15H2,1-4H3;2-5,8-9H,1H3;6-7H,1-5H2,(H,8,9)/t20-;;/m0../s1. The molecule has 0 aliphatic heterocycles. The van der Waals surface area contributed by atoms with Crippen LogP contribution in [0.5, 0.6) is 5.75 Å². The van der Waals surface area contributed by atoms with Crippen molar-refractivity contribution in [2.45, 2.75) is 78.4 Å². The third-order valence-corrected chi connectivity index (χ3v) is 7.46. The first-order chi connectivity index (χ1) is 18.8. The highest BCUT2D eigenvalue weighted by atomic mass is 16.5. The second-order valence-corrected chi connectivity index (χ2v) is 10.4. The molecule has 3 aromatic carbocycles. The number of nitrogens with one attached hydrogen (secondary N) is 2. The molecule has 0 bridgehead atoms. The van der Waals surface area contributed by atoms with Gasteiger partial charge in [-0.25, -0.2) is 0 Å². The normalized spacial score (nSPS) is 14.2. The zero-order valence-corrected chi connectivity index (χ0v) is 24.5. The fourth-order valence-electron chi connectivity index (χ4n) is 4.52. The van der Waals surface area contributed by atoms with E-state index in [1.807, 2.05) is 12.1 Å². The van der Waals surface area contributed by atoms with Crippen LogP contribution in [0.15, 0.2) is 72.8 Å². The molecule has 0 aromatic heterocycles. The number of amides is 1. The Hall–Kier alpha value is -3.31. The summed E-state index contributed by atoms with van der Waals surface area (Å²) < 4.78 is 6.26. The number of rotatable bonds is 10. The molecule has 1 fully saturated rings. The lowest BCUT2D eigenvalue weighted by Crippen LogP contribution is -2.24. The predicted octanol–water partition coefficient (Wildman–Crippen LogP) is 7.76. The Morgan fingerprint density at radius 2 is 1.56 bits per heavy atom. The molecule has 1 saturated carbocycles. The van der Waals surface area contributed by atoms with E-state index in [2.05, 4.69) is 86.9 Å². The summed E-state index contributed by atoms with van der Waals surface area (Å²) in [6, 6.07) is 24.5. The quantitative estimate of drug-likeness (QED) is 0.184. The molecule has 0 heterocycles. The minimum Gasteiger partial charge on any atom is -0.506 e. The van der Waals surface area contributed by atoms with Crippen molar-refractivity contribution >= 4 is 12.1 Å². The van der Waals surface area contributed by atoms with Crippen molar-refractivity contribution in [3.05, 3.63) is 95.1 Å². The molecule has 212 valence electrons. The van der Waals surface area contributed by atoms with Crippen LogP contribution in [0.1, 0.15) is 75.1 Å². The fourth-order valence-corrected chi connectivity index (χ4v) is 4.52. The van der Waals surface area contributed by atoms with Gasteiger partial charge in [0.25, 0.3) is 0 Å². The number of phenolic OH excluding ortho intramolecular Hbond substituents is 1. The molecular formula is C34H48N2O3. The molecule has 1 aliphatic carbocycles. The number of para-hydroxylation sites is 2. The average Bonchev–Trinajstić information content (AvgIpc) is 3.50. The number of ether oxygens (including phenoxy) is 1. The first-order valence-corrected chi connectivity index (χ1v) is 14.3. The van der Waals surface area contributed by atoms with Gasteiger partial charge in [0.05, 0.1) is 17.9 Å². The Bertz CT molecular complexity index is 1080. The van der Waals surface area contributed by atoms with Crippen LogP contribution in [0.25, 0.3) is 0 Å². The van der Waals surface area contributed by atoms with E-state index < -0.39 is 0 Å².